The molecule has 0 saturated heterocycles. The minimum Gasteiger partial charge on any atom is -0.314 e. The number of aromatic nitrogens is 2. The van der Waals surface area contributed by atoms with Gasteiger partial charge in [0.1, 0.15) is 5.82 Å². The molecular formula is C13H14BrN3O. The van der Waals surface area contributed by atoms with E-state index in [9.17, 15) is 4.79 Å². The van der Waals surface area contributed by atoms with Gasteiger partial charge in [-0.15, -0.1) is 0 Å². The molecule has 0 aliphatic rings. The molecule has 0 amide bonds. The van der Waals surface area contributed by atoms with Crippen molar-refractivity contribution in [1.82, 2.24) is 15.3 Å². The molecule has 2 aromatic rings. The highest BCUT2D eigenvalue weighted by Gasteiger charge is 2.07. The molecule has 1 heterocycles. The number of halogens is 1. The Bertz CT molecular complexity index is 622. The summed E-state index contributed by atoms with van der Waals surface area (Å²) in [6.07, 6.45) is 0. The van der Waals surface area contributed by atoms with Gasteiger partial charge in [-0.3, -0.25) is 4.79 Å². The zero-order valence-corrected chi connectivity index (χ0v) is 11.8. The number of nitrogens with zero attached hydrogens (tertiary/aromatic N) is 1. The fraction of sp³-hybridized carbons (Fsp3) is 0.231. The van der Waals surface area contributed by atoms with Gasteiger partial charge in [0.05, 0.1) is 5.69 Å². The van der Waals surface area contributed by atoms with Gasteiger partial charge in [0.2, 0.25) is 0 Å². The third-order valence-electron chi connectivity index (χ3n) is 2.60. The van der Waals surface area contributed by atoms with Crippen molar-refractivity contribution in [2.75, 3.05) is 7.05 Å². The van der Waals surface area contributed by atoms with Gasteiger partial charge in [-0.2, -0.15) is 0 Å². The third kappa shape index (κ3) is 2.86. The highest BCUT2D eigenvalue weighted by Crippen LogP contribution is 2.22. The summed E-state index contributed by atoms with van der Waals surface area (Å²) in [6, 6.07) is 7.39. The van der Waals surface area contributed by atoms with Crippen molar-refractivity contribution < 1.29 is 0 Å². The third-order valence-corrected chi connectivity index (χ3v) is 3.09. The number of nitrogens with one attached hydrogen (secondary N) is 2. The van der Waals surface area contributed by atoms with Crippen LogP contribution in [0.5, 0.6) is 0 Å². The minimum absolute atomic E-state index is 0.132. The molecule has 0 radical (unpaired) electrons. The van der Waals surface area contributed by atoms with Crippen molar-refractivity contribution in [1.29, 1.82) is 0 Å². The summed E-state index contributed by atoms with van der Waals surface area (Å²) in [5.74, 6) is 0.609. The van der Waals surface area contributed by atoms with Gasteiger partial charge < -0.3 is 10.3 Å². The molecule has 2 rings (SSSR count). The average molecular weight is 308 g/mol. The van der Waals surface area contributed by atoms with Crippen LogP contribution in [-0.4, -0.2) is 17.0 Å². The first-order valence-electron chi connectivity index (χ1n) is 5.61. The minimum atomic E-state index is -0.132. The summed E-state index contributed by atoms with van der Waals surface area (Å²) in [5.41, 5.74) is 2.61. The second-order valence-electron chi connectivity index (χ2n) is 4.07. The topological polar surface area (TPSA) is 57.8 Å². The van der Waals surface area contributed by atoms with Crippen LogP contribution in [0.3, 0.4) is 0 Å². The van der Waals surface area contributed by atoms with E-state index in [0.717, 1.165) is 21.3 Å². The normalized spacial score (nSPS) is 10.6. The van der Waals surface area contributed by atoms with Crippen molar-refractivity contribution in [2.45, 2.75) is 13.5 Å². The van der Waals surface area contributed by atoms with Gasteiger partial charge >= 0.3 is 0 Å². The summed E-state index contributed by atoms with van der Waals surface area (Å²) in [6.45, 7) is 2.57. The molecule has 0 aliphatic heterocycles. The van der Waals surface area contributed by atoms with Crippen LogP contribution in [0.25, 0.3) is 11.4 Å². The number of H-pyrrole nitrogens is 1. The Balaban J connectivity index is 2.53. The first kappa shape index (κ1) is 13.0. The van der Waals surface area contributed by atoms with Gasteiger partial charge in [-0.05, 0) is 37.7 Å². The van der Waals surface area contributed by atoms with E-state index in [4.69, 9.17) is 0 Å². The van der Waals surface area contributed by atoms with Crippen molar-refractivity contribution in [3.05, 3.63) is 50.3 Å². The monoisotopic (exact) mass is 307 g/mol. The lowest BCUT2D eigenvalue weighted by atomic mass is 10.1. The first-order valence-corrected chi connectivity index (χ1v) is 6.41. The van der Waals surface area contributed by atoms with E-state index in [1.807, 2.05) is 32.2 Å². The van der Waals surface area contributed by atoms with E-state index in [1.165, 1.54) is 6.07 Å². The molecule has 18 heavy (non-hydrogen) atoms. The number of aromatic amines is 1. The van der Waals surface area contributed by atoms with Crippen molar-refractivity contribution in [3.8, 4) is 11.4 Å². The highest BCUT2D eigenvalue weighted by molar-refractivity contribution is 9.10. The maximum Gasteiger partial charge on any atom is 0.251 e. The predicted molar refractivity (Wildman–Crippen MR) is 75.5 cm³/mol. The molecule has 0 atom stereocenters. The number of hydrogen-bond donors (Lipinski definition) is 2. The Hall–Kier alpha value is -1.46. The van der Waals surface area contributed by atoms with Crippen LogP contribution >= 0.6 is 15.9 Å². The maximum atomic E-state index is 11.6. The molecule has 0 bridgehead atoms. The van der Waals surface area contributed by atoms with Crippen LogP contribution in [0.15, 0.2) is 33.5 Å². The molecule has 0 spiro atoms. The van der Waals surface area contributed by atoms with Crippen LogP contribution in [0.4, 0.5) is 0 Å². The average Bonchev–Trinajstić information content (AvgIpc) is 2.28. The Morgan fingerprint density at radius 1 is 1.39 bits per heavy atom. The Kier molecular flexibility index (Phi) is 3.93. The van der Waals surface area contributed by atoms with E-state index >= 15 is 0 Å². The molecular weight excluding hydrogens is 294 g/mol. The second-order valence-corrected chi connectivity index (χ2v) is 4.99. The lowest BCUT2D eigenvalue weighted by Gasteiger charge is -2.07. The Morgan fingerprint density at radius 3 is 2.83 bits per heavy atom. The molecule has 0 saturated carbocycles. The number of aryl methyl sites for hydroxylation is 1. The smallest absolute Gasteiger partial charge is 0.251 e. The van der Waals surface area contributed by atoms with E-state index in [0.29, 0.717) is 12.4 Å². The van der Waals surface area contributed by atoms with Gasteiger partial charge in [-0.25, -0.2) is 4.98 Å². The lowest BCUT2D eigenvalue weighted by Crippen LogP contribution is -2.15. The molecule has 1 aromatic carbocycles. The van der Waals surface area contributed by atoms with Crippen molar-refractivity contribution in [3.63, 3.8) is 0 Å². The maximum absolute atomic E-state index is 11.6. The fourth-order valence-electron chi connectivity index (χ4n) is 1.80. The standard InChI is InChI=1S/C13H14BrN3O/c1-8-5-9(14)3-4-11(8)13-16-10(7-15-2)6-12(18)17-13/h3-6,15H,7H2,1-2H3,(H,16,17,18). The van der Waals surface area contributed by atoms with Crippen LogP contribution < -0.4 is 10.9 Å². The predicted octanol–water partition coefficient (Wildman–Crippen LogP) is 2.23. The molecule has 1 aromatic heterocycles. The van der Waals surface area contributed by atoms with E-state index in [2.05, 4.69) is 31.2 Å². The van der Waals surface area contributed by atoms with Crippen LogP contribution in [0.2, 0.25) is 0 Å². The molecule has 2 N–H and O–H groups in total. The molecule has 0 fully saturated rings. The SMILES string of the molecule is CNCc1cc(=O)[nH]c(-c2ccc(Br)cc2C)n1. The zero-order valence-electron chi connectivity index (χ0n) is 10.2. The van der Waals surface area contributed by atoms with Gasteiger partial charge in [0.25, 0.3) is 5.56 Å². The summed E-state index contributed by atoms with van der Waals surface area (Å²) in [7, 11) is 1.83. The Labute approximate surface area is 114 Å². The van der Waals surface area contributed by atoms with Gasteiger partial charge in [0, 0.05) is 22.6 Å². The van der Waals surface area contributed by atoms with E-state index < -0.39 is 0 Å². The second kappa shape index (κ2) is 5.46. The quantitative estimate of drug-likeness (QED) is 0.914. The van der Waals surface area contributed by atoms with E-state index in [-0.39, 0.29) is 5.56 Å². The number of benzene rings is 1. The van der Waals surface area contributed by atoms with Crippen molar-refractivity contribution in [2.24, 2.45) is 0 Å². The van der Waals surface area contributed by atoms with E-state index in [1.54, 1.807) is 0 Å². The molecule has 4 nitrogen and oxygen atoms in total. The summed E-state index contributed by atoms with van der Waals surface area (Å²) in [5, 5.41) is 2.99. The molecule has 94 valence electrons. The van der Waals surface area contributed by atoms with Crippen molar-refractivity contribution >= 4 is 15.9 Å². The number of rotatable bonds is 3. The lowest BCUT2D eigenvalue weighted by molar-refractivity contribution is 0.785. The molecule has 0 aliphatic carbocycles. The summed E-state index contributed by atoms with van der Waals surface area (Å²) < 4.78 is 1.01. The zero-order chi connectivity index (χ0) is 13.1. The molecule has 0 unspecified atom stereocenters. The largest absolute Gasteiger partial charge is 0.314 e. The number of hydrogen-bond acceptors (Lipinski definition) is 3. The first-order chi connectivity index (χ1) is 8.60. The van der Waals surface area contributed by atoms with Crippen LogP contribution in [0.1, 0.15) is 11.3 Å². The van der Waals surface area contributed by atoms with Crippen LogP contribution in [0, 0.1) is 6.92 Å². The summed E-state index contributed by atoms with van der Waals surface area (Å²) >= 11 is 3.42. The van der Waals surface area contributed by atoms with Gasteiger partial charge in [-0.1, -0.05) is 15.9 Å². The van der Waals surface area contributed by atoms with Crippen LogP contribution in [-0.2, 0) is 6.54 Å². The van der Waals surface area contributed by atoms with Gasteiger partial charge in [0.15, 0.2) is 0 Å². The fourth-order valence-corrected chi connectivity index (χ4v) is 2.28. The highest BCUT2D eigenvalue weighted by atomic mass is 79.9. The summed E-state index contributed by atoms with van der Waals surface area (Å²) in [4.78, 5) is 18.8. The molecule has 5 heteroatoms. The Morgan fingerprint density at radius 2 is 2.17 bits per heavy atom.